The molecule has 7 heteroatoms. The van der Waals surface area contributed by atoms with Gasteiger partial charge in [-0.15, -0.1) is 0 Å². The van der Waals surface area contributed by atoms with E-state index < -0.39 is 9.84 Å². The number of halogens is 1. The summed E-state index contributed by atoms with van der Waals surface area (Å²) in [5.41, 5.74) is 8.70. The molecule has 1 atom stereocenters. The van der Waals surface area contributed by atoms with Crippen LogP contribution in [-0.2, 0) is 9.84 Å². The molecule has 1 aromatic carbocycles. The monoisotopic (exact) mass is 325 g/mol. The highest BCUT2D eigenvalue weighted by molar-refractivity contribution is 7.91. The molecule has 3 rings (SSSR count). The van der Waals surface area contributed by atoms with Gasteiger partial charge in [-0.2, -0.15) is 5.10 Å². The van der Waals surface area contributed by atoms with Gasteiger partial charge >= 0.3 is 0 Å². The minimum Gasteiger partial charge on any atom is -0.384 e. The van der Waals surface area contributed by atoms with Gasteiger partial charge < -0.3 is 5.73 Å². The number of hydrogen-bond acceptors (Lipinski definition) is 4. The van der Waals surface area contributed by atoms with Gasteiger partial charge in [-0.3, -0.25) is 0 Å². The van der Waals surface area contributed by atoms with Crippen LogP contribution in [0.2, 0.25) is 5.02 Å². The summed E-state index contributed by atoms with van der Waals surface area (Å²) in [6.45, 7) is 1.95. The molecule has 2 aromatic rings. The molecule has 1 aliphatic rings. The molecule has 112 valence electrons. The van der Waals surface area contributed by atoms with E-state index >= 15 is 0 Å². The minimum atomic E-state index is -2.96. The number of rotatable bonds is 2. The standard InChI is InChI=1S/C14H16ClN3O2S/c1-9-6-10(15)2-3-12(9)13-7-14(16)18(17-13)11-4-5-21(19,20)8-11/h2-3,6-7,11H,4-5,8,16H2,1H3. The maximum absolute atomic E-state index is 11.6. The Balaban J connectivity index is 1.98. The lowest BCUT2D eigenvalue weighted by Gasteiger charge is -2.10. The summed E-state index contributed by atoms with van der Waals surface area (Å²) in [6, 6.07) is 7.18. The van der Waals surface area contributed by atoms with Crippen LogP contribution in [0, 0.1) is 6.92 Å². The van der Waals surface area contributed by atoms with Crippen LogP contribution in [0.15, 0.2) is 24.3 Å². The smallest absolute Gasteiger partial charge is 0.152 e. The second-order valence-corrected chi connectivity index (χ2v) is 8.08. The second-order valence-electron chi connectivity index (χ2n) is 5.42. The highest BCUT2D eigenvalue weighted by Gasteiger charge is 2.31. The lowest BCUT2D eigenvalue weighted by Crippen LogP contribution is -2.14. The molecule has 2 N–H and O–H groups in total. The van der Waals surface area contributed by atoms with E-state index in [1.807, 2.05) is 19.1 Å². The van der Waals surface area contributed by atoms with Gasteiger partial charge in [-0.05, 0) is 31.0 Å². The van der Waals surface area contributed by atoms with Crippen molar-refractivity contribution in [1.29, 1.82) is 0 Å². The third-order valence-electron chi connectivity index (χ3n) is 3.78. The van der Waals surface area contributed by atoms with E-state index in [0.29, 0.717) is 17.3 Å². The van der Waals surface area contributed by atoms with Crippen molar-refractivity contribution >= 4 is 27.3 Å². The first-order chi connectivity index (χ1) is 9.85. The van der Waals surface area contributed by atoms with E-state index in [9.17, 15) is 8.42 Å². The van der Waals surface area contributed by atoms with Crippen LogP contribution in [0.25, 0.3) is 11.3 Å². The number of anilines is 1. The fourth-order valence-electron chi connectivity index (χ4n) is 2.72. The molecule has 0 radical (unpaired) electrons. The summed E-state index contributed by atoms with van der Waals surface area (Å²) in [4.78, 5) is 0. The van der Waals surface area contributed by atoms with Crippen LogP contribution in [-0.4, -0.2) is 29.7 Å². The third kappa shape index (κ3) is 2.78. The van der Waals surface area contributed by atoms with Crippen molar-refractivity contribution in [3.63, 3.8) is 0 Å². The van der Waals surface area contributed by atoms with E-state index in [-0.39, 0.29) is 17.5 Å². The summed E-state index contributed by atoms with van der Waals surface area (Å²) in [5.74, 6) is 0.797. The van der Waals surface area contributed by atoms with Crippen molar-refractivity contribution in [2.75, 3.05) is 17.2 Å². The Hall–Kier alpha value is -1.53. The number of benzene rings is 1. The van der Waals surface area contributed by atoms with E-state index in [1.54, 1.807) is 16.8 Å². The Morgan fingerprint density at radius 1 is 1.38 bits per heavy atom. The van der Waals surface area contributed by atoms with Crippen molar-refractivity contribution in [1.82, 2.24) is 9.78 Å². The van der Waals surface area contributed by atoms with E-state index in [2.05, 4.69) is 5.10 Å². The number of nitrogen functional groups attached to an aromatic ring is 1. The number of aryl methyl sites for hydroxylation is 1. The van der Waals surface area contributed by atoms with Crippen LogP contribution in [0.5, 0.6) is 0 Å². The van der Waals surface area contributed by atoms with Gasteiger partial charge in [0.05, 0.1) is 23.2 Å². The van der Waals surface area contributed by atoms with Crippen molar-refractivity contribution < 1.29 is 8.42 Å². The zero-order chi connectivity index (χ0) is 15.2. The maximum Gasteiger partial charge on any atom is 0.152 e. The predicted molar refractivity (Wildman–Crippen MR) is 84.1 cm³/mol. The number of hydrogen-bond donors (Lipinski definition) is 1. The molecule has 0 saturated carbocycles. The summed E-state index contributed by atoms with van der Waals surface area (Å²) in [7, 11) is -2.96. The van der Waals surface area contributed by atoms with E-state index in [1.165, 1.54) is 0 Å². The zero-order valence-electron chi connectivity index (χ0n) is 11.6. The molecule has 1 unspecified atom stereocenters. The molecule has 0 amide bonds. The first-order valence-corrected chi connectivity index (χ1v) is 8.87. The number of sulfone groups is 1. The van der Waals surface area contributed by atoms with Crippen molar-refractivity contribution in [3.05, 3.63) is 34.9 Å². The molecule has 2 heterocycles. The zero-order valence-corrected chi connectivity index (χ0v) is 13.2. The topological polar surface area (TPSA) is 78.0 Å². The van der Waals surface area contributed by atoms with Gasteiger partial charge in [0.15, 0.2) is 9.84 Å². The molecule has 0 spiro atoms. The third-order valence-corrected chi connectivity index (χ3v) is 5.77. The summed E-state index contributed by atoms with van der Waals surface area (Å²) < 4.78 is 24.8. The fourth-order valence-corrected chi connectivity index (χ4v) is 4.63. The first kappa shape index (κ1) is 14.4. The average molecular weight is 326 g/mol. The summed E-state index contributed by atoms with van der Waals surface area (Å²) >= 11 is 5.96. The molecule has 0 aliphatic carbocycles. The molecular weight excluding hydrogens is 310 g/mol. The molecule has 1 fully saturated rings. The minimum absolute atomic E-state index is 0.109. The van der Waals surface area contributed by atoms with Crippen molar-refractivity contribution in [3.8, 4) is 11.3 Å². The fraction of sp³-hybridized carbons (Fsp3) is 0.357. The Morgan fingerprint density at radius 3 is 2.76 bits per heavy atom. The molecule has 1 aromatic heterocycles. The predicted octanol–water partition coefficient (Wildman–Crippen LogP) is 2.45. The Labute approximate surface area is 128 Å². The average Bonchev–Trinajstić information content (AvgIpc) is 2.92. The Bertz CT molecular complexity index is 799. The number of nitrogens with two attached hydrogens (primary N) is 1. The van der Waals surface area contributed by atoms with Crippen molar-refractivity contribution in [2.24, 2.45) is 0 Å². The van der Waals surface area contributed by atoms with Gasteiger partial charge in [0.2, 0.25) is 0 Å². The molecule has 5 nitrogen and oxygen atoms in total. The quantitative estimate of drug-likeness (QED) is 0.920. The molecular formula is C14H16ClN3O2S. The van der Waals surface area contributed by atoms with Crippen molar-refractivity contribution in [2.45, 2.75) is 19.4 Å². The van der Waals surface area contributed by atoms with Crippen LogP contribution >= 0.6 is 11.6 Å². The SMILES string of the molecule is Cc1cc(Cl)ccc1-c1cc(N)n(C2CCS(=O)(=O)C2)n1. The van der Waals surface area contributed by atoms with Gasteiger partial charge in [-0.25, -0.2) is 13.1 Å². The van der Waals surface area contributed by atoms with Gasteiger partial charge in [0.1, 0.15) is 5.82 Å². The largest absolute Gasteiger partial charge is 0.384 e. The molecule has 1 aliphatic heterocycles. The van der Waals surface area contributed by atoms with Crippen LogP contribution in [0.4, 0.5) is 5.82 Å². The van der Waals surface area contributed by atoms with E-state index in [0.717, 1.165) is 16.8 Å². The Morgan fingerprint density at radius 2 is 2.14 bits per heavy atom. The summed E-state index contributed by atoms with van der Waals surface area (Å²) in [6.07, 6.45) is 0.563. The van der Waals surface area contributed by atoms with Crippen LogP contribution < -0.4 is 5.73 Å². The lowest BCUT2D eigenvalue weighted by atomic mass is 10.1. The van der Waals surface area contributed by atoms with E-state index in [4.69, 9.17) is 17.3 Å². The molecule has 1 saturated heterocycles. The summed E-state index contributed by atoms with van der Waals surface area (Å²) in [5, 5.41) is 5.17. The highest BCUT2D eigenvalue weighted by Crippen LogP contribution is 2.30. The van der Waals surface area contributed by atoms with Gasteiger partial charge in [0.25, 0.3) is 0 Å². The normalized spacial score (nSPS) is 20.8. The van der Waals surface area contributed by atoms with Crippen LogP contribution in [0.3, 0.4) is 0 Å². The molecule has 21 heavy (non-hydrogen) atoms. The number of nitrogens with zero attached hydrogens (tertiary/aromatic N) is 2. The molecule has 0 bridgehead atoms. The second kappa shape index (κ2) is 5.03. The van der Waals surface area contributed by atoms with Gasteiger partial charge in [-0.1, -0.05) is 17.7 Å². The Kier molecular flexibility index (Phi) is 3.45. The highest BCUT2D eigenvalue weighted by atomic mass is 35.5. The van der Waals surface area contributed by atoms with Gasteiger partial charge in [0, 0.05) is 16.7 Å². The first-order valence-electron chi connectivity index (χ1n) is 6.68. The number of aromatic nitrogens is 2. The van der Waals surface area contributed by atoms with Crippen LogP contribution in [0.1, 0.15) is 18.0 Å². The maximum atomic E-state index is 11.6. The lowest BCUT2D eigenvalue weighted by molar-refractivity contribution is 0.508.